The van der Waals surface area contributed by atoms with E-state index in [4.69, 9.17) is 4.42 Å². The van der Waals surface area contributed by atoms with E-state index in [1.165, 1.54) is 0 Å². The summed E-state index contributed by atoms with van der Waals surface area (Å²) in [6.45, 7) is 0. The molecule has 0 bridgehead atoms. The van der Waals surface area contributed by atoms with E-state index >= 15 is 0 Å². The van der Waals surface area contributed by atoms with Crippen LogP contribution in [-0.4, -0.2) is 26.5 Å². The van der Waals surface area contributed by atoms with Crippen molar-refractivity contribution in [1.82, 2.24) is 0 Å². The van der Waals surface area contributed by atoms with Crippen LogP contribution in [-0.2, 0) is 0 Å². The second kappa shape index (κ2) is 5.82. The highest BCUT2D eigenvalue weighted by molar-refractivity contribution is 5.81. The topological polar surface area (TPSA) is 41.1 Å². The zero-order valence-corrected chi connectivity index (χ0v) is 10.4. The molecule has 1 heterocycles. The third kappa shape index (κ3) is 3.31. The fourth-order valence-corrected chi connectivity index (χ4v) is 1.41. The third-order valence-corrected chi connectivity index (χ3v) is 2.41. The van der Waals surface area contributed by atoms with Gasteiger partial charge in [0.25, 0.3) is 0 Å². The Morgan fingerprint density at radius 3 is 2.33 bits per heavy atom. The molecule has 18 heavy (non-hydrogen) atoms. The van der Waals surface area contributed by atoms with Gasteiger partial charge in [0.2, 0.25) is 0 Å². The highest BCUT2D eigenvalue weighted by Crippen LogP contribution is 2.10. The van der Waals surface area contributed by atoms with E-state index in [0.717, 1.165) is 11.3 Å². The summed E-state index contributed by atoms with van der Waals surface area (Å²) in [6.07, 6.45) is 4.88. The zero-order valence-electron chi connectivity index (χ0n) is 10.4. The van der Waals surface area contributed by atoms with Crippen molar-refractivity contribution in [3.8, 4) is 0 Å². The molecule has 0 spiro atoms. The highest BCUT2D eigenvalue weighted by atomic mass is 16.3. The third-order valence-electron chi connectivity index (χ3n) is 2.41. The molecule has 0 saturated carbocycles. The quantitative estimate of drug-likeness (QED) is 0.610. The molecule has 0 aliphatic heterocycles. The van der Waals surface area contributed by atoms with E-state index in [0.29, 0.717) is 5.76 Å². The van der Waals surface area contributed by atoms with Gasteiger partial charge in [-0.1, -0.05) is 12.1 Å². The number of nitrogens with zero attached hydrogens (tertiary/aromatic N) is 3. The fourth-order valence-electron chi connectivity index (χ4n) is 1.41. The van der Waals surface area contributed by atoms with Crippen LogP contribution < -0.4 is 4.90 Å². The largest absolute Gasteiger partial charge is 0.463 e. The first-order chi connectivity index (χ1) is 8.75. The minimum absolute atomic E-state index is 0.690. The second-order valence-corrected chi connectivity index (χ2v) is 3.99. The summed E-state index contributed by atoms with van der Waals surface area (Å²) in [6, 6.07) is 11.7. The Labute approximate surface area is 106 Å². The van der Waals surface area contributed by atoms with Crippen LogP contribution >= 0.6 is 0 Å². The fraction of sp³-hybridized carbons (Fsp3) is 0.143. The summed E-state index contributed by atoms with van der Waals surface area (Å²) in [5.41, 5.74) is 2.17. The Bertz CT molecular complexity index is 525. The van der Waals surface area contributed by atoms with Gasteiger partial charge in [-0.2, -0.15) is 10.2 Å². The van der Waals surface area contributed by atoms with Gasteiger partial charge >= 0.3 is 0 Å². The monoisotopic (exact) mass is 241 g/mol. The van der Waals surface area contributed by atoms with E-state index in [1.807, 2.05) is 50.5 Å². The molecule has 0 saturated heterocycles. The summed E-state index contributed by atoms with van der Waals surface area (Å²) < 4.78 is 5.10. The number of hydrogen-bond donors (Lipinski definition) is 0. The van der Waals surface area contributed by atoms with Gasteiger partial charge in [0.05, 0.1) is 18.7 Å². The first-order valence-corrected chi connectivity index (χ1v) is 5.63. The second-order valence-electron chi connectivity index (χ2n) is 3.99. The number of benzene rings is 1. The molecule has 2 aromatic rings. The smallest absolute Gasteiger partial charge is 0.146 e. The summed E-state index contributed by atoms with van der Waals surface area (Å²) in [5.74, 6) is 0.690. The van der Waals surface area contributed by atoms with Gasteiger partial charge in [-0.25, -0.2) is 0 Å². The van der Waals surface area contributed by atoms with E-state index < -0.39 is 0 Å². The van der Waals surface area contributed by atoms with Gasteiger partial charge in [0, 0.05) is 19.8 Å². The molecule has 0 atom stereocenters. The molecule has 0 fully saturated rings. The molecule has 92 valence electrons. The lowest BCUT2D eigenvalue weighted by Crippen LogP contribution is -2.08. The van der Waals surface area contributed by atoms with Crippen LogP contribution in [0.1, 0.15) is 11.3 Å². The molecule has 4 heteroatoms. The number of rotatable bonds is 4. The Balaban J connectivity index is 1.97. The lowest BCUT2D eigenvalue weighted by atomic mass is 10.2. The van der Waals surface area contributed by atoms with Crippen molar-refractivity contribution in [2.75, 3.05) is 19.0 Å². The molecule has 1 aromatic heterocycles. The Morgan fingerprint density at radius 2 is 1.72 bits per heavy atom. The van der Waals surface area contributed by atoms with E-state index in [-0.39, 0.29) is 0 Å². The van der Waals surface area contributed by atoms with Crippen LogP contribution in [0.4, 0.5) is 5.69 Å². The van der Waals surface area contributed by atoms with Gasteiger partial charge in [-0.05, 0) is 29.8 Å². The number of anilines is 1. The van der Waals surface area contributed by atoms with Crippen LogP contribution in [0.2, 0.25) is 0 Å². The minimum atomic E-state index is 0.690. The Kier molecular flexibility index (Phi) is 3.91. The molecule has 0 aliphatic rings. The zero-order chi connectivity index (χ0) is 12.8. The van der Waals surface area contributed by atoms with E-state index in [1.54, 1.807) is 18.7 Å². The average Bonchev–Trinajstić information content (AvgIpc) is 2.88. The van der Waals surface area contributed by atoms with Crippen molar-refractivity contribution in [3.63, 3.8) is 0 Å². The first-order valence-electron chi connectivity index (χ1n) is 5.63. The highest BCUT2D eigenvalue weighted by Gasteiger charge is 1.93. The maximum atomic E-state index is 5.10. The predicted octanol–water partition coefficient (Wildman–Crippen LogP) is 2.80. The number of hydrogen-bond acceptors (Lipinski definition) is 4. The lowest BCUT2D eigenvalue weighted by Gasteiger charge is -2.11. The maximum Gasteiger partial charge on any atom is 0.146 e. The summed E-state index contributed by atoms with van der Waals surface area (Å²) >= 11 is 0. The summed E-state index contributed by atoms with van der Waals surface area (Å²) in [7, 11) is 4.02. The molecule has 0 N–H and O–H groups in total. The minimum Gasteiger partial charge on any atom is -0.463 e. The molecule has 2 rings (SSSR count). The molecular weight excluding hydrogens is 226 g/mol. The average molecular weight is 241 g/mol. The molecule has 0 amide bonds. The Hall–Kier alpha value is -2.36. The molecule has 4 nitrogen and oxygen atoms in total. The van der Waals surface area contributed by atoms with Gasteiger partial charge < -0.3 is 9.32 Å². The van der Waals surface area contributed by atoms with Crippen LogP contribution in [0, 0.1) is 0 Å². The van der Waals surface area contributed by atoms with Gasteiger partial charge in [-0.15, -0.1) is 0 Å². The SMILES string of the molecule is CN(C)c1ccc(C=N/N=C/c2ccco2)cc1. The molecule has 1 aromatic carbocycles. The molecular formula is C14H15N3O. The van der Waals surface area contributed by atoms with Crippen LogP contribution in [0.25, 0.3) is 0 Å². The first kappa shape index (κ1) is 12.1. The van der Waals surface area contributed by atoms with Crippen molar-refractivity contribution < 1.29 is 4.42 Å². The number of furan rings is 1. The van der Waals surface area contributed by atoms with Gasteiger partial charge in [-0.3, -0.25) is 0 Å². The van der Waals surface area contributed by atoms with Crippen LogP contribution in [0.15, 0.2) is 57.3 Å². The van der Waals surface area contributed by atoms with Crippen LogP contribution in [0.5, 0.6) is 0 Å². The van der Waals surface area contributed by atoms with Crippen LogP contribution in [0.3, 0.4) is 0 Å². The van der Waals surface area contributed by atoms with Crippen molar-refractivity contribution in [3.05, 3.63) is 54.0 Å². The Morgan fingerprint density at radius 1 is 1.00 bits per heavy atom. The standard InChI is InChI=1S/C14H15N3O/c1-17(2)13-7-5-12(6-8-13)10-15-16-11-14-4-3-9-18-14/h3-11H,1-2H3/b15-10?,16-11+. The van der Waals surface area contributed by atoms with Crippen molar-refractivity contribution in [1.29, 1.82) is 0 Å². The maximum absolute atomic E-state index is 5.10. The summed E-state index contributed by atoms with van der Waals surface area (Å²) in [4.78, 5) is 2.05. The summed E-state index contributed by atoms with van der Waals surface area (Å²) in [5, 5.41) is 7.87. The van der Waals surface area contributed by atoms with Gasteiger partial charge in [0.15, 0.2) is 0 Å². The molecule has 0 radical (unpaired) electrons. The predicted molar refractivity (Wildman–Crippen MR) is 74.7 cm³/mol. The molecule has 0 aliphatic carbocycles. The van der Waals surface area contributed by atoms with Crippen molar-refractivity contribution >= 4 is 18.1 Å². The van der Waals surface area contributed by atoms with E-state index in [9.17, 15) is 0 Å². The van der Waals surface area contributed by atoms with Gasteiger partial charge in [0.1, 0.15) is 5.76 Å². The van der Waals surface area contributed by atoms with Crippen molar-refractivity contribution in [2.24, 2.45) is 10.2 Å². The normalized spacial score (nSPS) is 11.4. The molecule has 0 unspecified atom stereocenters. The van der Waals surface area contributed by atoms with Crippen molar-refractivity contribution in [2.45, 2.75) is 0 Å². The van der Waals surface area contributed by atoms with E-state index in [2.05, 4.69) is 15.1 Å². The lowest BCUT2D eigenvalue weighted by molar-refractivity contribution is 0.560.